The highest BCUT2D eigenvalue weighted by Crippen LogP contribution is 2.32. The Morgan fingerprint density at radius 3 is 2.74 bits per heavy atom. The zero-order valence-corrected chi connectivity index (χ0v) is 18.6. The lowest BCUT2D eigenvalue weighted by atomic mass is 10.1. The second kappa shape index (κ2) is 10.5. The van der Waals surface area contributed by atoms with Crippen LogP contribution in [0.2, 0.25) is 0 Å². The Hall–Kier alpha value is -3.94. The number of rotatable bonds is 9. The van der Waals surface area contributed by atoms with Crippen LogP contribution in [0.4, 0.5) is 11.5 Å². The second-order valence-corrected chi connectivity index (χ2v) is 8.06. The van der Waals surface area contributed by atoms with Crippen molar-refractivity contribution in [1.29, 1.82) is 0 Å². The van der Waals surface area contributed by atoms with E-state index in [9.17, 15) is 25.1 Å². The van der Waals surface area contributed by atoms with Crippen LogP contribution >= 0.6 is 0 Å². The van der Waals surface area contributed by atoms with Gasteiger partial charge in [-0.2, -0.15) is 0 Å². The molecule has 0 radical (unpaired) electrons. The number of nitro groups is 1. The van der Waals surface area contributed by atoms with E-state index in [-0.39, 0.29) is 24.0 Å². The van der Waals surface area contributed by atoms with Crippen molar-refractivity contribution in [2.75, 3.05) is 12.3 Å². The Morgan fingerprint density at radius 1 is 1.23 bits per heavy atom. The quantitative estimate of drug-likeness (QED) is 0.191. The van der Waals surface area contributed by atoms with Gasteiger partial charge in [0.25, 0.3) is 5.69 Å². The van der Waals surface area contributed by atoms with Gasteiger partial charge in [-0.1, -0.05) is 24.3 Å². The molecule has 1 aliphatic rings. The van der Waals surface area contributed by atoms with Crippen molar-refractivity contribution in [2.45, 2.75) is 43.8 Å². The number of carbonyl (C=O) groups is 1. The largest absolute Gasteiger partial charge is 0.387 e. The van der Waals surface area contributed by atoms with Crippen LogP contribution in [0.1, 0.15) is 24.6 Å². The van der Waals surface area contributed by atoms with Crippen molar-refractivity contribution in [3.05, 3.63) is 64.7 Å². The number of carbonyl (C=O) groups excluding carboxylic acids is 1. The van der Waals surface area contributed by atoms with E-state index < -0.39 is 29.5 Å². The van der Waals surface area contributed by atoms with Gasteiger partial charge in [0.1, 0.15) is 30.2 Å². The predicted octanol–water partition coefficient (Wildman–Crippen LogP) is 0.631. The number of aliphatic hydroxyl groups is 2. The third-order valence-corrected chi connectivity index (χ3v) is 5.70. The number of nitrogen functional groups attached to an aromatic ring is 1. The van der Waals surface area contributed by atoms with Gasteiger partial charge < -0.3 is 26.0 Å². The number of fused-ring (bicyclic) bond motifs is 1. The van der Waals surface area contributed by atoms with E-state index in [2.05, 4.69) is 20.3 Å². The van der Waals surface area contributed by atoms with Crippen LogP contribution < -0.4 is 11.1 Å². The van der Waals surface area contributed by atoms with Crippen LogP contribution in [0.15, 0.2) is 49.1 Å². The zero-order valence-electron chi connectivity index (χ0n) is 18.6. The molecule has 4 rings (SSSR count). The fraction of sp³-hybridized carbons (Fsp3) is 0.364. The number of nitro benzene ring substituents is 1. The first kappa shape index (κ1) is 24.2. The minimum absolute atomic E-state index is 0.0329. The average molecular weight is 483 g/mol. The molecule has 4 atom stereocenters. The summed E-state index contributed by atoms with van der Waals surface area (Å²) in [7, 11) is 0. The van der Waals surface area contributed by atoms with E-state index >= 15 is 0 Å². The smallest absolute Gasteiger partial charge is 0.269 e. The number of non-ortho nitro benzene ring substituents is 1. The number of nitrogens with one attached hydrogen (secondary N) is 1. The molecule has 3 heterocycles. The number of amides is 1. The normalized spacial score (nSPS) is 22.1. The summed E-state index contributed by atoms with van der Waals surface area (Å²) in [6.45, 7) is 0.224. The molecule has 0 aliphatic carbocycles. The molecule has 1 aromatic carbocycles. The molecule has 0 unspecified atom stereocenters. The number of nitrogens with zero attached hydrogens (tertiary/aromatic N) is 5. The fourth-order valence-corrected chi connectivity index (χ4v) is 3.83. The van der Waals surface area contributed by atoms with Crippen molar-refractivity contribution in [3.8, 4) is 0 Å². The van der Waals surface area contributed by atoms with Crippen LogP contribution in [0.3, 0.4) is 0 Å². The van der Waals surface area contributed by atoms with E-state index in [1.165, 1.54) is 29.4 Å². The van der Waals surface area contributed by atoms with Gasteiger partial charge in [0.15, 0.2) is 17.7 Å². The zero-order chi connectivity index (χ0) is 24.9. The summed E-state index contributed by atoms with van der Waals surface area (Å²) in [4.78, 5) is 34.4. The van der Waals surface area contributed by atoms with E-state index in [4.69, 9.17) is 10.5 Å². The van der Waals surface area contributed by atoms with Crippen LogP contribution in [0.5, 0.6) is 0 Å². The number of hydrogen-bond donors (Lipinski definition) is 4. The Morgan fingerprint density at radius 2 is 2.00 bits per heavy atom. The maximum Gasteiger partial charge on any atom is 0.269 e. The highest BCUT2D eigenvalue weighted by atomic mass is 16.6. The van der Waals surface area contributed by atoms with E-state index in [1.54, 1.807) is 24.3 Å². The number of benzene rings is 1. The lowest BCUT2D eigenvalue weighted by Crippen LogP contribution is -2.31. The van der Waals surface area contributed by atoms with Gasteiger partial charge in [-0.15, -0.1) is 0 Å². The molecule has 13 heteroatoms. The lowest BCUT2D eigenvalue weighted by molar-refractivity contribution is -0.384. The van der Waals surface area contributed by atoms with Crippen LogP contribution in [0.25, 0.3) is 11.2 Å². The monoisotopic (exact) mass is 483 g/mol. The van der Waals surface area contributed by atoms with Gasteiger partial charge in [0, 0.05) is 25.1 Å². The van der Waals surface area contributed by atoms with Gasteiger partial charge in [0.05, 0.1) is 11.3 Å². The number of imidazole rings is 1. The first-order chi connectivity index (χ1) is 16.8. The topological polar surface area (TPSA) is 192 Å². The molecule has 13 nitrogen and oxygen atoms in total. The molecule has 0 bridgehead atoms. The third kappa shape index (κ3) is 5.42. The number of aromatic nitrogens is 4. The van der Waals surface area contributed by atoms with Gasteiger partial charge >= 0.3 is 0 Å². The lowest BCUT2D eigenvalue weighted by Gasteiger charge is -2.16. The van der Waals surface area contributed by atoms with E-state index in [0.717, 1.165) is 5.56 Å². The van der Waals surface area contributed by atoms with Crippen molar-refractivity contribution in [1.82, 2.24) is 24.8 Å². The highest BCUT2D eigenvalue weighted by molar-refractivity contribution is 5.81. The summed E-state index contributed by atoms with van der Waals surface area (Å²) in [6.07, 6.45) is 3.29. The van der Waals surface area contributed by atoms with Crippen LogP contribution in [-0.2, 0) is 16.0 Å². The van der Waals surface area contributed by atoms with Crippen LogP contribution in [0, 0.1) is 10.1 Å². The molecule has 2 aromatic heterocycles. The number of anilines is 1. The summed E-state index contributed by atoms with van der Waals surface area (Å²) in [6, 6.07) is 6.25. The average Bonchev–Trinajstić information content (AvgIpc) is 3.39. The number of nitrogens with two attached hydrogens (primary N) is 1. The Balaban J connectivity index is 1.23. The molecular weight excluding hydrogens is 458 g/mol. The molecule has 0 saturated carbocycles. The van der Waals surface area contributed by atoms with Crippen molar-refractivity contribution >= 4 is 28.6 Å². The number of aryl methyl sites for hydroxylation is 1. The summed E-state index contributed by atoms with van der Waals surface area (Å²) >= 11 is 0. The molecule has 1 saturated heterocycles. The molecule has 35 heavy (non-hydrogen) atoms. The maximum absolute atomic E-state index is 12.1. The third-order valence-electron chi connectivity index (χ3n) is 5.70. The second-order valence-electron chi connectivity index (χ2n) is 8.06. The first-order valence-electron chi connectivity index (χ1n) is 11.0. The van der Waals surface area contributed by atoms with Crippen molar-refractivity contribution in [3.63, 3.8) is 0 Å². The standard InChI is InChI=1S/C22H25N7O6/c23-20-17-21(26-11-25-20)28(12-27-17)22-19(32)18(31)15(35-22)4-2-10-24-16(30)5-1-3-13-6-8-14(9-7-13)29(33)34/h2,4,6-9,11-12,15,18-19,22,31-32H,1,3,5,10H2,(H,24,30)(H2,23,25,26)/b4-2+/t15-,18-,19-,22-/m1/s1. The summed E-state index contributed by atoms with van der Waals surface area (Å²) in [5.41, 5.74) is 7.49. The Labute approximate surface area is 199 Å². The summed E-state index contributed by atoms with van der Waals surface area (Å²) in [5.74, 6) is 0.0474. The molecule has 1 amide bonds. The Bertz CT molecular complexity index is 1230. The van der Waals surface area contributed by atoms with Gasteiger partial charge in [-0.3, -0.25) is 19.5 Å². The fourth-order valence-electron chi connectivity index (χ4n) is 3.83. The number of aliphatic hydroxyl groups excluding tert-OH is 2. The minimum atomic E-state index is -1.23. The predicted molar refractivity (Wildman–Crippen MR) is 124 cm³/mol. The molecule has 1 aliphatic heterocycles. The molecule has 1 fully saturated rings. The maximum atomic E-state index is 12.1. The molecular formula is C22H25N7O6. The van der Waals surface area contributed by atoms with E-state index in [1.807, 2.05) is 0 Å². The molecule has 0 spiro atoms. The summed E-state index contributed by atoms with van der Waals surface area (Å²) in [5, 5.41) is 34.3. The molecule has 5 N–H and O–H groups in total. The Kier molecular flexibility index (Phi) is 7.29. The van der Waals surface area contributed by atoms with Crippen LogP contribution in [-0.4, -0.2) is 65.4 Å². The number of hydrogen-bond acceptors (Lipinski definition) is 10. The number of ether oxygens (including phenoxy) is 1. The van der Waals surface area contributed by atoms with Crippen molar-refractivity contribution < 1.29 is 24.7 Å². The molecule has 184 valence electrons. The minimum Gasteiger partial charge on any atom is -0.387 e. The molecule has 3 aromatic rings. The van der Waals surface area contributed by atoms with E-state index in [0.29, 0.717) is 30.4 Å². The van der Waals surface area contributed by atoms with Crippen molar-refractivity contribution in [2.24, 2.45) is 0 Å². The van der Waals surface area contributed by atoms with Gasteiger partial charge in [-0.05, 0) is 18.4 Å². The first-order valence-corrected chi connectivity index (χ1v) is 11.0. The highest BCUT2D eigenvalue weighted by Gasteiger charge is 2.43. The summed E-state index contributed by atoms with van der Waals surface area (Å²) < 4.78 is 7.29. The SMILES string of the molecule is Nc1ncnc2c1ncn2[C@@H]1O[C@H](/C=C/CNC(=O)CCCc2ccc([N+](=O)[O-])cc2)[C@@H](O)[C@H]1O. The van der Waals surface area contributed by atoms with Gasteiger partial charge in [0.2, 0.25) is 5.91 Å². The van der Waals surface area contributed by atoms with Gasteiger partial charge in [-0.25, -0.2) is 15.0 Å².